The number of ether oxygens (including phenoxy) is 7. The predicted octanol–water partition coefficient (Wildman–Crippen LogP) is 5.25. The number of rotatable bonds is 19. The standard InChI is InChI=1S/C39H46N2O8/c1-43-18-19-45-26-32(42)27-49-38-24-41-23-37(48-25-28-20-30-8-3-5-10-34(30)36(21-28)44-2)39(38)29-12-14-33(15-13-29)46-16-7-17-47-35-11-6-4-9-31(35)22-40/h3-6,8-15,20-21,32,37-39,41-42H,7,16-19,23-27H2,1-2H3/t32?,37-,38+,39+/m0/s1. The van der Waals surface area contributed by atoms with Crippen LogP contribution in [0.4, 0.5) is 0 Å². The quantitative estimate of drug-likeness (QED) is 0.128. The number of hydrogen-bond acceptors (Lipinski definition) is 10. The Morgan fingerprint density at radius 2 is 1.57 bits per heavy atom. The summed E-state index contributed by atoms with van der Waals surface area (Å²) >= 11 is 0. The Hall–Kier alpha value is -4.21. The number of aliphatic hydroxyl groups is 1. The Morgan fingerprint density at radius 1 is 0.816 bits per heavy atom. The van der Waals surface area contributed by atoms with Gasteiger partial charge in [-0.05, 0) is 52.9 Å². The van der Waals surface area contributed by atoms with E-state index in [1.54, 1.807) is 26.4 Å². The summed E-state index contributed by atoms with van der Waals surface area (Å²) in [6.07, 6.45) is -0.555. The zero-order chi connectivity index (χ0) is 34.3. The van der Waals surface area contributed by atoms with Crippen LogP contribution >= 0.6 is 0 Å². The van der Waals surface area contributed by atoms with Gasteiger partial charge in [0.25, 0.3) is 0 Å². The molecule has 1 fully saturated rings. The van der Waals surface area contributed by atoms with Crippen molar-refractivity contribution in [1.29, 1.82) is 5.26 Å². The third-order valence-electron chi connectivity index (χ3n) is 8.39. The van der Waals surface area contributed by atoms with Crippen LogP contribution in [0.2, 0.25) is 0 Å². The molecule has 4 atom stereocenters. The molecule has 49 heavy (non-hydrogen) atoms. The van der Waals surface area contributed by atoms with Crippen LogP contribution in [0.15, 0.2) is 84.9 Å². The molecular formula is C39H46N2O8. The fourth-order valence-electron chi connectivity index (χ4n) is 5.95. The zero-order valence-corrected chi connectivity index (χ0v) is 28.2. The van der Waals surface area contributed by atoms with E-state index < -0.39 is 6.10 Å². The van der Waals surface area contributed by atoms with E-state index in [0.717, 1.165) is 33.4 Å². The minimum Gasteiger partial charge on any atom is -0.496 e. The number of benzene rings is 4. The van der Waals surface area contributed by atoms with Crippen molar-refractivity contribution in [2.24, 2.45) is 0 Å². The van der Waals surface area contributed by atoms with E-state index in [2.05, 4.69) is 41.7 Å². The molecule has 5 rings (SSSR count). The van der Waals surface area contributed by atoms with Gasteiger partial charge in [0.05, 0.1) is 71.1 Å². The van der Waals surface area contributed by atoms with Gasteiger partial charge >= 0.3 is 0 Å². The fraction of sp³-hybridized carbons (Fsp3) is 0.410. The van der Waals surface area contributed by atoms with Crippen molar-refractivity contribution in [3.8, 4) is 23.3 Å². The topological polar surface area (TPSA) is 121 Å². The lowest BCUT2D eigenvalue weighted by molar-refractivity contribution is -0.0896. The number of nitriles is 1. The Balaban J connectivity index is 1.23. The highest BCUT2D eigenvalue weighted by Gasteiger charge is 2.36. The van der Waals surface area contributed by atoms with Gasteiger partial charge in [-0.25, -0.2) is 0 Å². The zero-order valence-electron chi connectivity index (χ0n) is 28.2. The highest BCUT2D eigenvalue weighted by atomic mass is 16.5. The summed E-state index contributed by atoms with van der Waals surface area (Å²) in [5, 5.41) is 25.4. The lowest BCUT2D eigenvalue weighted by atomic mass is 9.85. The first kappa shape index (κ1) is 36.1. The van der Waals surface area contributed by atoms with Crippen molar-refractivity contribution in [1.82, 2.24) is 5.32 Å². The molecule has 4 aromatic rings. The van der Waals surface area contributed by atoms with Gasteiger partial charge in [0.2, 0.25) is 0 Å². The third-order valence-corrected chi connectivity index (χ3v) is 8.39. The van der Waals surface area contributed by atoms with Gasteiger partial charge < -0.3 is 43.6 Å². The van der Waals surface area contributed by atoms with E-state index in [1.807, 2.05) is 42.5 Å². The molecule has 10 heteroatoms. The highest BCUT2D eigenvalue weighted by molar-refractivity contribution is 5.89. The Bertz CT molecular complexity index is 1630. The maximum absolute atomic E-state index is 10.5. The number of nitrogens with zero attached hydrogens (tertiary/aromatic N) is 1. The van der Waals surface area contributed by atoms with Crippen molar-refractivity contribution in [2.45, 2.75) is 37.3 Å². The molecule has 1 saturated heterocycles. The van der Waals surface area contributed by atoms with Gasteiger partial charge in [0, 0.05) is 37.9 Å². The second-order valence-electron chi connectivity index (χ2n) is 11.9. The molecule has 0 radical (unpaired) electrons. The Morgan fingerprint density at radius 3 is 2.37 bits per heavy atom. The number of nitrogens with one attached hydrogen (secondary N) is 1. The smallest absolute Gasteiger partial charge is 0.137 e. The molecule has 1 aliphatic heterocycles. The molecule has 0 saturated carbocycles. The first-order valence-electron chi connectivity index (χ1n) is 16.7. The van der Waals surface area contributed by atoms with E-state index in [9.17, 15) is 10.4 Å². The summed E-state index contributed by atoms with van der Waals surface area (Å²) in [6, 6.07) is 29.7. The SMILES string of the molecule is COCCOCC(O)CO[C@@H]1CNC[C@H](OCc2cc(OC)c3ccccc3c2)[C@H]1c1ccc(OCCCOc2ccccc2C#N)cc1. The van der Waals surface area contributed by atoms with Crippen LogP contribution < -0.4 is 19.5 Å². The molecule has 0 amide bonds. The van der Waals surface area contributed by atoms with Gasteiger partial charge in [0.1, 0.15) is 29.4 Å². The monoisotopic (exact) mass is 670 g/mol. The first-order chi connectivity index (χ1) is 24.1. The summed E-state index contributed by atoms with van der Waals surface area (Å²) in [4.78, 5) is 0. The molecule has 2 N–H and O–H groups in total. The largest absolute Gasteiger partial charge is 0.496 e. The van der Waals surface area contributed by atoms with Crippen molar-refractivity contribution < 1.29 is 38.3 Å². The number of piperidine rings is 1. The summed E-state index contributed by atoms with van der Waals surface area (Å²) < 4.78 is 40.9. The average Bonchev–Trinajstić information content (AvgIpc) is 3.14. The summed E-state index contributed by atoms with van der Waals surface area (Å²) in [5.41, 5.74) is 2.59. The normalized spacial score (nSPS) is 18.1. The molecule has 1 unspecified atom stereocenters. The molecule has 0 bridgehead atoms. The van der Waals surface area contributed by atoms with Crippen LogP contribution in [0.5, 0.6) is 17.2 Å². The van der Waals surface area contributed by atoms with Crippen molar-refractivity contribution in [2.75, 3.05) is 67.0 Å². The van der Waals surface area contributed by atoms with E-state index >= 15 is 0 Å². The van der Waals surface area contributed by atoms with Crippen molar-refractivity contribution >= 4 is 10.8 Å². The maximum atomic E-state index is 10.5. The molecule has 260 valence electrons. The average molecular weight is 671 g/mol. The predicted molar refractivity (Wildman–Crippen MR) is 186 cm³/mol. The van der Waals surface area contributed by atoms with Gasteiger partial charge in [-0.15, -0.1) is 0 Å². The first-order valence-corrected chi connectivity index (χ1v) is 16.7. The van der Waals surface area contributed by atoms with Gasteiger partial charge in [0.15, 0.2) is 0 Å². The van der Waals surface area contributed by atoms with Gasteiger partial charge in [-0.2, -0.15) is 5.26 Å². The lowest BCUT2D eigenvalue weighted by Gasteiger charge is -2.39. The molecule has 0 aromatic heterocycles. The van der Waals surface area contributed by atoms with Crippen molar-refractivity contribution in [3.63, 3.8) is 0 Å². The number of aliphatic hydroxyl groups excluding tert-OH is 1. The van der Waals surface area contributed by atoms with Gasteiger partial charge in [-0.1, -0.05) is 48.5 Å². The molecule has 1 heterocycles. The van der Waals surface area contributed by atoms with Crippen LogP contribution in [-0.2, 0) is 25.6 Å². The van der Waals surface area contributed by atoms with Crippen LogP contribution in [0.25, 0.3) is 10.8 Å². The minimum atomic E-state index is -0.767. The summed E-state index contributed by atoms with van der Waals surface area (Å²) in [7, 11) is 3.30. The second-order valence-corrected chi connectivity index (χ2v) is 11.9. The van der Waals surface area contributed by atoms with Crippen molar-refractivity contribution in [3.05, 3.63) is 102 Å². The molecule has 4 aromatic carbocycles. The number of para-hydroxylation sites is 1. The minimum absolute atomic E-state index is 0.104. The molecule has 1 aliphatic rings. The highest BCUT2D eigenvalue weighted by Crippen LogP contribution is 2.33. The van der Waals surface area contributed by atoms with Crippen LogP contribution in [-0.4, -0.2) is 90.4 Å². The van der Waals surface area contributed by atoms with Gasteiger partial charge in [-0.3, -0.25) is 0 Å². The third kappa shape index (κ3) is 10.4. The lowest BCUT2D eigenvalue weighted by Crippen LogP contribution is -2.51. The number of methoxy groups -OCH3 is 2. The molecule has 10 nitrogen and oxygen atoms in total. The number of fused-ring (bicyclic) bond motifs is 1. The summed E-state index contributed by atoms with van der Waals surface area (Å²) in [5.74, 6) is 2.03. The Labute approximate surface area is 288 Å². The van der Waals surface area contributed by atoms with E-state index in [0.29, 0.717) is 63.9 Å². The van der Waals surface area contributed by atoms with E-state index in [4.69, 9.17) is 33.2 Å². The Kier molecular flexibility index (Phi) is 14.1. The second kappa shape index (κ2) is 19.1. The molecule has 0 aliphatic carbocycles. The van der Waals surface area contributed by atoms with E-state index in [1.165, 1.54) is 0 Å². The fourth-order valence-corrected chi connectivity index (χ4v) is 5.95. The van der Waals surface area contributed by atoms with Crippen LogP contribution in [0.3, 0.4) is 0 Å². The molecule has 0 spiro atoms. The van der Waals surface area contributed by atoms with E-state index in [-0.39, 0.29) is 31.3 Å². The maximum Gasteiger partial charge on any atom is 0.137 e. The number of hydrogen-bond donors (Lipinski definition) is 2. The van der Waals surface area contributed by atoms with Crippen LogP contribution in [0, 0.1) is 11.3 Å². The van der Waals surface area contributed by atoms with Crippen LogP contribution in [0.1, 0.15) is 29.0 Å². The molecular weight excluding hydrogens is 624 g/mol. The summed E-state index contributed by atoms with van der Waals surface area (Å²) in [6.45, 7) is 3.74.